The highest BCUT2D eigenvalue weighted by Crippen LogP contribution is 2.21. The van der Waals surface area contributed by atoms with Gasteiger partial charge in [-0.2, -0.15) is 0 Å². The summed E-state index contributed by atoms with van der Waals surface area (Å²) < 4.78 is 25.5. The molecule has 0 saturated heterocycles. The molecule has 0 N–H and O–H groups in total. The van der Waals surface area contributed by atoms with Crippen LogP contribution in [-0.2, 0) is 14.8 Å². The van der Waals surface area contributed by atoms with Crippen LogP contribution in [0.25, 0.3) is 0 Å². The molecule has 5 nitrogen and oxygen atoms in total. The fourth-order valence-electron chi connectivity index (χ4n) is 2.40. The van der Waals surface area contributed by atoms with Crippen molar-refractivity contribution in [1.82, 2.24) is 4.90 Å². The molecule has 130 valence electrons. The van der Waals surface area contributed by atoms with Crippen LogP contribution < -0.4 is 4.31 Å². The summed E-state index contributed by atoms with van der Waals surface area (Å²) >= 11 is 0. The third-order valence-corrected chi connectivity index (χ3v) is 4.94. The van der Waals surface area contributed by atoms with E-state index in [2.05, 4.69) is 0 Å². The topological polar surface area (TPSA) is 57.7 Å². The van der Waals surface area contributed by atoms with Crippen molar-refractivity contribution in [3.05, 3.63) is 29.3 Å². The molecule has 0 aromatic heterocycles. The molecule has 1 rings (SSSR count). The van der Waals surface area contributed by atoms with Crippen molar-refractivity contribution in [2.45, 2.75) is 40.5 Å². The fraction of sp³-hybridized carbons (Fsp3) is 0.588. The smallest absolute Gasteiger partial charge is 0.243 e. The maximum atomic E-state index is 12.5. The molecule has 0 bridgehead atoms. The number of aryl methyl sites for hydroxylation is 2. The van der Waals surface area contributed by atoms with Crippen molar-refractivity contribution in [2.24, 2.45) is 0 Å². The lowest BCUT2D eigenvalue weighted by molar-refractivity contribution is -0.129. The van der Waals surface area contributed by atoms with Gasteiger partial charge in [-0.25, -0.2) is 8.42 Å². The van der Waals surface area contributed by atoms with E-state index in [9.17, 15) is 13.2 Å². The van der Waals surface area contributed by atoms with Crippen LogP contribution in [0.15, 0.2) is 18.2 Å². The molecule has 0 heterocycles. The highest BCUT2D eigenvalue weighted by Gasteiger charge is 2.23. The third-order valence-electron chi connectivity index (χ3n) is 3.80. The first-order valence-corrected chi connectivity index (χ1v) is 9.88. The van der Waals surface area contributed by atoms with Crippen molar-refractivity contribution in [3.8, 4) is 0 Å². The Morgan fingerprint density at radius 3 is 2.04 bits per heavy atom. The zero-order valence-corrected chi connectivity index (χ0v) is 15.6. The molecule has 0 saturated carbocycles. The van der Waals surface area contributed by atoms with E-state index in [1.807, 2.05) is 39.8 Å². The summed E-state index contributed by atoms with van der Waals surface area (Å²) in [6, 6.07) is 5.44. The summed E-state index contributed by atoms with van der Waals surface area (Å²) in [5.41, 5.74) is 2.63. The molecular weight excluding hydrogens is 312 g/mol. The third kappa shape index (κ3) is 5.53. The number of hydrogen-bond donors (Lipinski definition) is 0. The Kier molecular flexibility index (Phi) is 7.06. The van der Waals surface area contributed by atoms with Gasteiger partial charge in [-0.3, -0.25) is 9.10 Å². The SMILES string of the molecule is CCCN(CCC)C(=O)CN(c1ccc(C)c(C)c1)S(C)(=O)=O. The Labute approximate surface area is 140 Å². The number of anilines is 1. The molecule has 1 aromatic carbocycles. The first-order chi connectivity index (χ1) is 10.7. The Morgan fingerprint density at radius 2 is 1.61 bits per heavy atom. The Hall–Kier alpha value is -1.56. The maximum absolute atomic E-state index is 12.5. The van der Waals surface area contributed by atoms with Gasteiger partial charge in [0.15, 0.2) is 0 Å². The van der Waals surface area contributed by atoms with Gasteiger partial charge in [0, 0.05) is 13.1 Å². The van der Waals surface area contributed by atoms with Crippen molar-refractivity contribution in [3.63, 3.8) is 0 Å². The van der Waals surface area contributed by atoms with Gasteiger partial charge in [-0.05, 0) is 49.9 Å². The van der Waals surface area contributed by atoms with E-state index in [4.69, 9.17) is 0 Å². The molecular formula is C17H28N2O3S. The average Bonchev–Trinajstić information content (AvgIpc) is 2.46. The standard InChI is InChI=1S/C17H28N2O3S/c1-6-10-18(11-7-2)17(20)13-19(23(5,21)22)16-9-8-14(3)15(4)12-16/h8-9,12H,6-7,10-11,13H2,1-5H3. The predicted molar refractivity (Wildman–Crippen MR) is 95.3 cm³/mol. The second-order valence-corrected chi connectivity index (χ2v) is 7.83. The van der Waals surface area contributed by atoms with Gasteiger partial charge in [0.05, 0.1) is 11.9 Å². The van der Waals surface area contributed by atoms with Crippen LogP contribution >= 0.6 is 0 Å². The predicted octanol–water partition coefficient (Wildman–Crippen LogP) is 2.72. The van der Waals surface area contributed by atoms with Gasteiger partial charge in [0.25, 0.3) is 0 Å². The number of benzene rings is 1. The van der Waals surface area contributed by atoms with Crippen LogP contribution in [-0.4, -0.2) is 45.1 Å². The molecule has 0 aliphatic rings. The number of sulfonamides is 1. The normalized spacial score (nSPS) is 11.3. The fourth-order valence-corrected chi connectivity index (χ4v) is 3.25. The van der Waals surface area contributed by atoms with Gasteiger partial charge >= 0.3 is 0 Å². The minimum absolute atomic E-state index is 0.151. The van der Waals surface area contributed by atoms with Crippen molar-refractivity contribution < 1.29 is 13.2 Å². The van der Waals surface area contributed by atoms with E-state index in [0.717, 1.165) is 30.2 Å². The summed E-state index contributed by atoms with van der Waals surface area (Å²) in [5.74, 6) is -0.155. The van der Waals surface area contributed by atoms with E-state index in [-0.39, 0.29) is 12.5 Å². The summed E-state index contributed by atoms with van der Waals surface area (Å²) in [6.07, 6.45) is 2.85. The molecule has 23 heavy (non-hydrogen) atoms. The highest BCUT2D eigenvalue weighted by atomic mass is 32.2. The van der Waals surface area contributed by atoms with E-state index in [1.165, 1.54) is 4.31 Å². The van der Waals surface area contributed by atoms with Crippen molar-refractivity contribution >= 4 is 21.6 Å². The lowest BCUT2D eigenvalue weighted by Crippen LogP contribution is -2.43. The average molecular weight is 340 g/mol. The number of hydrogen-bond acceptors (Lipinski definition) is 3. The summed E-state index contributed by atoms with van der Waals surface area (Å²) in [7, 11) is -3.52. The lowest BCUT2D eigenvalue weighted by atomic mass is 10.1. The molecule has 0 aliphatic carbocycles. The first kappa shape index (κ1) is 19.5. The van der Waals surface area contributed by atoms with Gasteiger partial charge < -0.3 is 4.90 Å². The van der Waals surface area contributed by atoms with Crippen molar-refractivity contribution in [2.75, 3.05) is 30.2 Å². The minimum Gasteiger partial charge on any atom is -0.341 e. The summed E-state index contributed by atoms with van der Waals surface area (Å²) in [4.78, 5) is 14.3. The van der Waals surface area contributed by atoms with E-state index in [0.29, 0.717) is 18.8 Å². The molecule has 6 heteroatoms. The van der Waals surface area contributed by atoms with Gasteiger partial charge in [-0.15, -0.1) is 0 Å². The highest BCUT2D eigenvalue weighted by molar-refractivity contribution is 7.92. The summed E-state index contributed by atoms with van der Waals surface area (Å²) in [5, 5.41) is 0. The van der Waals surface area contributed by atoms with E-state index < -0.39 is 10.0 Å². The van der Waals surface area contributed by atoms with Crippen molar-refractivity contribution in [1.29, 1.82) is 0 Å². The van der Waals surface area contributed by atoms with Gasteiger partial charge in [-0.1, -0.05) is 19.9 Å². The van der Waals surface area contributed by atoms with Crippen LogP contribution in [0.2, 0.25) is 0 Å². The molecule has 1 amide bonds. The Morgan fingerprint density at radius 1 is 1.04 bits per heavy atom. The van der Waals surface area contributed by atoms with Gasteiger partial charge in [0.2, 0.25) is 15.9 Å². The Balaban J connectivity index is 3.08. The van der Waals surface area contributed by atoms with Crippen LogP contribution in [0.5, 0.6) is 0 Å². The van der Waals surface area contributed by atoms with Crippen LogP contribution in [0.4, 0.5) is 5.69 Å². The summed E-state index contributed by atoms with van der Waals surface area (Å²) in [6.45, 7) is 9.07. The quantitative estimate of drug-likeness (QED) is 0.731. The first-order valence-electron chi connectivity index (χ1n) is 8.03. The monoisotopic (exact) mass is 340 g/mol. The lowest BCUT2D eigenvalue weighted by Gasteiger charge is -2.27. The second kappa shape index (κ2) is 8.34. The molecule has 1 aromatic rings. The molecule has 0 fully saturated rings. The molecule has 0 unspecified atom stereocenters. The van der Waals surface area contributed by atoms with Crippen LogP contribution in [0.1, 0.15) is 37.8 Å². The van der Waals surface area contributed by atoms with Gasteiger partial charge in [0.1, 0.15) is 6.54 Å². The number of nitrogens with zero attached hydrogens (tertiary/aromatic N) is 2. The second-order valence-electron chi connectivity index (χ2n) is 5.92. The molecule has 0 radical (unpaired) electrons. The number of rotatable bonds is 8. The number of amides is 1. The minimum atomic E-state index is -3.52. The van der Waals surface area contributed by atoms with E-state index >= 15 is 0 Å². The molecule has 0 spiro atoms. The largest absolute Gasteiger partial charge is 0.341 e. The zero-order chi connectivity index (χ0) is 17.6. The molecule has 0 atom stereocenters. The number of carbonyl (C=O) groups is 1. The maximum Gasteiger partial charge on any atom is 0.243 e. The van der Waals surface area contributed by atoms with E-state index in [1.54, 1.807) is 11.0 Å². The Bertz CT molecular complexity index is 635. The molecule has 0 aliphatic heterocycles. The number of carbonyl (C=O) groups excluding carboxylic acids is 1. The van der Waals surface area contributed by atoms with Crippen LogP contribution in [0.3, 0.4) is 0 Å². The zero-order valence-electron chi connectivity index (χ0n) is 14.8. The van der Waals surface area contributed by atoms with Crippen LogP contribution in [0, 0.1) is 13.8 Å².